The highest BCUT2D eigenvalue weighted by molar-refractivity contribution is 6.02. The molecule has 0 fully saturated rings. The van der Waals surface area contributed by atoms with E-state index in [-0.39, 0.29) is 0 Å². The van der Waals surface area contributed by atoms with Crippen molar-refractivity contribution in [1.29, 1.82) is 0 Å². The molecular weight excluding hydrogens is 853 g/mol. The van der Waals surface area contributed by atoms with Gasteiger partial charge in [-0.1, -0.05) is 109 Å². The van der Waals surface area contributed by atoms with Crippen molar-refractivity contribution < 1.29 is 0 Å². The summed E-state index contributed by atoms with van der Waals surface area (Å²) in [5.74, 6) is 0. The number of aromatic nitrogens is 4. The fraction of sp³-hybridized carbons (Fsp3) is 0. The molecule has 0 amide bonds. The normalized spacial score (nSPS) is 11.4. The zero-order valence-corrected chi connectivity index (χ0v) is 38.1. The van der Waals surface area contributed by atoms with Crippen LogP contribution in [-0.2, 0) is 0 Å². The number of para-hydroxylation sites is 4. The number of hydrogen-bond acceptors (Lipinski definition) is 4. The molecule has 13 rings (SSSR count). The van der Waals surface area contributed by atoms with Crippen LogP contribution >= 0.6 is 0 Å². The first kappa shape index (κ1) is 40.7. The Kier molecular flexibility index (Phi) is 10.1. The summed E-state index contributed by atoms with van der Waals surface area (Å²) in [6.45, 7) is 0. The Balaban J connectivity index is 0.926. The van der Waals surface area contributed by atoms with Crippen LogP contribution in [0.3, 0.4) is 0 Å². The highest BCUT2D eigenvalue weighted by Gasteiger charge is 2.21. The monoisotopic (exact) mass is 896 g/mol. The third kappa shape index (κ3) is 7.32. The van der Waals surface area contributed by atoms with Gasteiger partial charge in [0.25, 0.3) is 0 Å². The summed E-state index contributed by atoms with van der Waals surface area (Å²) < 4.78 is 4.81. The molecule has 0 radical (unpaired) electrons. The number of hydrogen-bond donors (Lipinski definition) is 0. The lowest BCUT2D eigenvalue weighted by Gasteiger charge is -2.26. The summed E-state index contributed by atoms with van der Waals surface area (Å²) in [5.41, 5.74) is 17.4. The molecule has 0 saturated heterocycles. The predicted molar refractivity (Wildman–Crippen MR) is 291 cm³/mol. The molecular formula is C64H44N6. The smallest absolute Gasteiger partial charge is 0.0703 e. The highest BCUT2D eigenvalue weighted by atomic mass is 15.1. The molecule has 0 N–H and O–H groups in total. The van der Waals surface area contributed by atoms with Gasteiger partial charge in [-0.05, 0) is 157 Å². The number of rotatable bonds is 10. The van der Waals surface area contributed by atoms with Crippen LogP contribution < -0.4 is 9.80 Å². The van der Waals surface area contributed by atoms with Crippen LogP contribution in [0.15, 0.2) is 267 Å². The van der Waals surface area contributed by atoms with Crippen molar-refractivity contribution in [2.45, 2.75) is 0 Å². The predicted octanol–water partition coefficient (Wildman–Crippen LogP) is 16.9. The molecule has 9 aromatic carbocycles. The maximum atomic E-state index is 4.58. The Morgan fingerprint density at radius 2 is 0.629 bits per heavy atom. The fourth-order valence-electron chi connectivity index (χ4n) is 10.1. The number of nitrogens with zero attached hydrogens (tertiary/aromatic N) is 6. The standard InChI is InChI=1S/C64H44N6/c1-5-17-51(18-6-1)67(57-33-35-59-47(39-57)15-13-37-65-59)55-29-25-45(26-30-55)61-41-49-43-64-50(44-63(49)69(61)53-21-9-3-10-22-53)42-62(70(64)54-23-11-4-12-24-54)46-27-31-56(32-28-46)68(52-19-7-2-8-20-52)58-34-36-60-48(40-58)16-14-38-66-60/h1-44H. The number of anilines is 6. The van der Waals surface area contributed by atoms with E-state index in [1.807, 2.05) is 24.5 Å². The molecule has 4 heterocycles. The lowest BCUT2D eigenvalue weighted by molar-refractivity contribution is 1.13. The summed E-state index contributed by atoms with van der Waals surface area (Å²) in [6.07, 6.45) is 3.69. The lowest BCUT2D eigenvalue weighted by atomic mass is 10.1. The lowest BCUT2D eigenvalue weighted by Crippen LogP contribution is -2.09. The molecule has 0 aliphatic rings. The highest BCUT2D eigenvalue weighted by Crippen LogP contribution is 2.42. The SMILES string of the molecule is c1ccc(N(c2ccc(-c3cc4cc5c(cc(-c6ccc(N(c7ccccc7)c7ccc8ncccc8c7)cc6)n5-c5ccccc5)cc4n3-c3ccccc3)cc2)c2ccc3ncccc3c2)cc1. The van der Waals surface area contributed by atoms with Gasteiger partial charge in [0.1, 0.15) is 0 Å². The van der Waals surface area contributed by atoms with Gasteiger partial charge in [0.15, 0.2) is 0 Å². The van der Waals surface area contributed by atoms with E-state index in [1.54, 1.807) is 0 Å². The third-order valence-electron chi connectivity index (χ3n) is 13.3. The van der Waals surface area contributed by atoms with Crippen LogP contribution in [0.1, 0.15) is 0 Å². The van der Waals surface area contributed by atoms with E-state index in [9.17, 15) is 0 Å². The van der Waals surface area contributed by atoms with Gasteiger partial charge >= 0.3 is 0 Å². The van der Waals surface area contributed by atoms with E-state index >= 15 is 0 Å². The second-order valence-electron chi connectivity index (χ2n) is 17.6. The maximum Gasteiger partial charge on any atom is 0.0703 e. The first-order chi connectivity index (χ1) is 34.7. The minimum Gasteiger partial charge on any atom is -0.310 e. The molecule has 0 aliphatic heterocycles. The van der Waals surface area contributed by atoms with Gasteiger partial charge in [0, 0.05) is 79.4 Å². The number of fused-ring (bicyclic) bond motifs is 4. The molecule has 13 aromatic rings. The Morgan fingerprint density at radius 3 is 1.03 bits per heavy atom. The zero-order chi connectivity index (χ0) is 46.4. The van der Waals surface area contributed by atoms with Gasteiger partial charge in [-0.15, -0.1) is 0 Å². The Bertz CT molecular complexity index is 3710. The van der Waals surface area contributed by atoms with Crippen LogP contribution in [0.25, 0.3) is 77.5 Å². The third-order valence-corrected chi connectivity index (χ3v) is 13.3. The van der Waals surface area contributed by atoms with Crippen LogP contribution in [0.2, 0.25) is 0 Å². The number of pyridine rings is 2. The molecule has 0 aliphatic carbocycles. The molecule has 6 nitrogen and oxygen atoms in total. The van der Waals surface area contributed by atoms with Gasteiger partial charge in [-0.3, -0.25) is 9.97 Å². The summed E-state index contributed by atoms with van der Waals surface area (Å²) in [6, 6.07) is 91.1. The van der Waals surface area contributed by atoms with Gasteiger partial charge < -0.3 is 18.9 Å². The molecule has 70 heavy (non-hydrogen) atoms. The van der Waals surface area contributed by atoms with Crippen LogP contribution in [0, 0.1) is 0 Å². The minimum absolute atomic E-state index is 0.976. The van der Waals surface area contributed by atoms with Gasteiger partial charge in [-0.25, -0.2) is 0 Å². The quantitative estimate of drug-likeness (QED) is 0.137. The second-order valence-corrected chi connectivity index (χ2v) is 17.6. The number of benzene rings is 9. The summed E-state index contributed by atoms with van der Waals surface area (Å²) in [4.78, 5) is 13.8. The van der Waals surface area contributed by atoms with Crippen molar-refractivity contribution >= 4 is 77.7 Å². The molecule has 4 aromatic heterocycles. The molecule has 0 saturated carbocycles. The van der Waals surface area contributed by atoms with Gasteiger partial charge in [-0.2, -0.15) is 0 Å². The van der Waals surface area contributed by atoms with Crippen molar-refractivity contribution in [3.8, 4) is 33.9 Å². The summed E-state index contributed by atoms with van der Waals surface area (Å²) in [7, 11) is 0. The van der Waals surface area contributed by atoms with Crippen LogP contribution in [0.4, 0.5) is 34.1 Å². The Hall–Kier alpha value is -9.52. The zero-order valence-electron chi connectivity index (χ0n) is 38.1. The van der Waals surface area contributed by atoms with Crippen molar-refractivity contribution in [3.63, 3.8) is 0 Å². The minimum atomic E-state index is 0.976. The van der Waals surface area contributed by atoms with Crippen molar-refractivity contribution in [2.75, 3.05) is 9.80 Å². The van der Waals surface area contributed by atoms with Crippen molar-refractivity contribution in [2.24, 2.45) is 0 Å². The van der Waals surface area contributed by atoms with E-state index in [4.69, 9.17) is 0 Å². The summed E-state index contributed by atoms with van der Waals surface area (Å²) >= 11 is 0. The van der Waals surface area contributed by atoms with Crippen molar-refractivity contribution in [3.05, 3.63) is 267 Å². The Labute approximate surface area is 405 Å². The molecule has 0 unspecified atom stereocenters. The van der Waals surface area contributed by atoms with E-state index in [0.717, 1.165) is 112 Å². The first-order valence-corrected chi connectivity index (χ1v) is 23.6. The average Bonchev–Trinajstić information content (AvgIpc) is 4.00. The van der Waals surface area contributed by atoms with E-state index in [1.165, 1.54) is 0 Å². The average molecular weight is 897 g/mol. The largest absolute Gasteiger partial charge is 0.310 e. The molecule has 6 heteroatoms. The van der Waals surface area contributed by atoms with Crippen LogP contribution in [-0.4, -0.2) is 19.1 Å². The maximum absolute atomic E-state index is 4.58. The van der Waals surface area contributed by atoms with Crippen LogP contribution in [0.5, 0.6) is 0 Å². The van der Waals surface area contributed by atoms with Crippen molar-refractivity contribution in [1.82, 2.24) is 19.1 Å². The molecule has 0 spiro atoms. The molecule has 0 atom stereocenters. The molecule has 330 valence electrons. The van der Waals surface area contributed by atoms with Gasteiger partial charge in [0.2, 0.25) is 0 Å². The fourth-order valence-corrected chi connectivity index (χ4v) is 10.1. The topological polar surface area (TPSA) is 42.1 Å². The summed E-state index contributed by atoms with van der Waals surface area (Å²) in [5, 5.41) is 4.52. The van der Waals surface area contributed by atoms with E-state index < -0.39 is 0 Å². The first-order valence-electron chi connectivity index (χ1n) is 23.6. The van der Waals surface area contributed by atoms with Gasteiger partial charge in [0.05, 0.1) is 33.5 Å². The van der Waals surface area contributed by atoms with E-state index in [0.29, 0.717) is 0 Å². The Morgan fingerprint density at radius 1 is 0.271 bits per heavy atom. The molecule has 0 bridgehead atoms. The second kappa shape index (κ2) is 17.3. The van der Waals surface area contributed by atoms with E-state index in [2.05, 4.69) is 272 Å².